The average molecular weight is 754 g/mol. The lowest BCUT2D eigenvalue weighted by atomic mass is 10.1. The predicted molar refractivity (Wildman–Crippen MR) is 194 cm³/mol. The topological polar surface area (TPSA) is 151 Å². The van der Waals surface area contributed by atoms with Gasteiger partial charge in [-0.25, -0.2) is 0 Å². The molecule has 6 rings (SSSR count). The highest BCUT2D eigenvalue weighted by Crippen LogP contribution is 2.27. The molecule has 2 aliphatic rings. The van der Waals surface area contributed by atoms with Crippen LogP contribution in [0.25, 0.3) is 6.08 Å². The van der Waals surface area contributed by atoms with Crippen molar-refractivity contribution in [1.29, 1.82) is 0 Å². The van der Waals surface area contributed by atoms with Crippen molar-refractivity contribution >= 4 is 75.1 Å². The molecule has 10 nitrogen and oxygen atoms in total. The van der Waals surface area contributed by atoms with Crippen molar-refractivity contribution in [3.05, 3.63) is 134 Å². The summed E-state index contributed by atoms with van der Waals surface area (Å²) in [4.78, 5) is 45.8. The summed E-state index contributed by atoms with van der Waals surface area (Å²) < 4.78 is 11.2. The summed E-state index contributed by atoms with van der Waals surface area (Å²) in [5, 5.41) is 24.8. The Labute approximate surface area is 306 Å². The molecule has 14 heteroatoms. The number of aliphatic hydroxyl groups excluding tert-OH is 2. The SMILES string of the molecule is O=C1NC(=O)C(=Cc2ccc(OCC(O)c3cccc(Cl)c3)cc2)S1.O=C1NC(=O)C(Cc2ccc(OCC(O)c3cccc(Cl)c3)cc2)S1. The minimum absolute atomic E-state index is 0.0908. The van der Waals surface area contributed by atoms with E-state index in [1.807, 2.05) is 12.1 Å². The van der Waals surface area contributed by atoms with Crippen LogP contribution in [0.1, 0.15) is 34.5 Å². The number of hydrogen-bond donors (Lipinski definition) is 4. The standard InChI is InChI=1S/C18H16ClNO4S.C18H14ClNO4S/c2*19-13-3-1-2-12(9-13)15(21)10-24-14-6-4-11(5-7-14)8-16-17(22)20-18(23)25-16/h1-7,9,15-16,21H,8,10H2,(H,20,22,23);1-9,15,21H,10H2,(H,20,22,23). The first kappa shape index (κ1) is 37.0. The summed E-state index contributed by atoms with van der Waals surface area (Å²) in [6.45, 7) is 0.197. The van der Waals surface area contributed by atoms with Crippen molar-refractivity contribution < 1.29 is 38.9 Å². The van der Waals surface area contributed by atoms with Crippen LogP contribution in [0.4, 0.5) is 9.59 Å². The van der Waals surface area contributed by atoms with Crippen molar-refractivity contribution in [2.75, 3.05) is 13.2 Å². The van der Waals surface area contributed by atoms with Crippen LogP contribution in [0.2, 0.25) is 10.0 Å². The lowest BCUT2D eigenvalue weighted by Crippen LogP contribution is -2.25. The maximum absolute atomic E-state index is 11.6. The number of rotatable bonds is 11. The van der Waals surface area contributed by atoms with Gasteiger partial charge in [0, 0.05) is 10.0 Å². The minimum atomic E-state index is -0.787. The fraction of sp³-hybridized carbons (Fsp3) is 0.167. The number of thioether (sulfide) groups is 2. The van der Waals surface area contributed by atoms with Crippen LogP contribution in [0, 0.1) is 0 Å². The first-order chi connectivity index (χ1) is 24.0. The zero-order valence-corrected chi connectivity index (χ0v) is 29.2. The number of imide groups is 2. The third-order valence-corrected chi connectivity index (χ3v) is 9.48. The van der Waals surface area contributed by atoms with E-state index >= 15 is 0 Å². The molecular weight excluding hydrogens is 723 g/mol. The third-order valence-electron chi connectivity index (χ3n) is 7.21. The summed E-state index contributed by atoms with van der Waals surface area (Å²) in [5.41, 5.74) is 3.08. The summed E-state index contributed by atoms with van der Waals surface area (Å²) in [6.07, 6.45) is 0.552. The Kier molecular flexibility index (Phi) is 13.0. The van der Waals surface area contributed by atoms with Crippen molar-refractivity contribution in [2.45, 2.75) is 23.9 Å². The second kappa shape index (κ2) is 17.6. The van der Waals surface area contributed by atoms with Crippen LogP contribution >= 0.6 is 46.7 Å². The van der Waals surface area contributed by atoms with E-state index in [1.54, 1.807) is 91.0 Å². The molecule has 3 unspecified atom stereocenters. The van der Waals surface area contributed by atoms with Crippen molar-refractivity contribution in [1.82, 2.24) is 10.6 Å². The molecule has 2 heterocycles. The first-order valence-corrected chi connectivity index (χ1v) is 17.6. The molecule has 0 bridgehead atoms. The van der Waals surface area contributed by atoms with Crippen molar-refractivity contribution in [3.63, 3.8) is 0 Å². The van der Waals surface area contributed by atoms with Gasteiger partial charge in [0.1, 0.15) is 36.9 Å². The van der Waals surface area contributed by atoms with E-state index in [0.29, 0.717) is 44.0 Å². The molecule has 2 fully saturated rings. The Morgan fingerprint density at radius 3 is 1.72 bits per heavy atom. The van der Waals surface area contributed by atoms with E-state index < -0.39 is 12.2 Å². The normalized spacial score (nSPS) is 17.4. The third kappa shape index (κ3) is 10.8. The zero-order valence-electron chi connectivity index (χ0n) is 26.1. The van der Waals surface area contributed by atoms with Gasteiger partial charge in [0.25, 0.3) is 16.4 Å². The fourth-order valence-electron chi connectivity index (χ4n) is 4.67. The maximum Gasteiger partial charge on any atom is 0.290 e. The summed E-state index contributed by atoms with van der Waals surface area (Å²) in [5.74, 6) is 0.562. The van der Waals surface area contributed by atoms with Crippen LogP contribution in [0.5, 0.6) is 11.5 Å². The number of carbonyl (C=O) groups is 4. The molecule has 2 saturated heterocycles. The number of aliphatic hydroxyl groups is 2. The van der Waals surface area contributed by atoms with E-state index in [-0.39, 0.29) is 40.8 Å². The van der Waals surface area contributed by atoms with Crippen molar-refractivity contribution in [3.8, 4) is 11.5 Å². The molecule has 4 aromatic carbocycles. The molecule has 258 valence electrons. The lowest BCUT2D eigenvalue weighted by molar-refractivity contribution is -0.119. The smallest absolute Gasteiger partial charge is 0.290 e. The van der Waals surface area contributed by atoms with Crippen LogP contribution in [0.15, 0.2) is 102 Å². The highest BCUT2D eigenvalue weighted by atomic mass is 35.5. The van der Waals surface area contributed by atoms with Gasteiger partial charge in [-0.1, -0.05) is 83.5 Å². The maximum atomic E-state index is 11.6. The Bertz CT molecular complexity index is 1890. The first-order valence-electron chi connectivity index (χ1n) is 15.1. The highest BCUT2D eigenvalue weighted by Gasteiger charge is 2.31. The molecule has 4 N–H and O–H groups in total. The molecule has 0 saturated carbocycles. The molecule has 2 aliphatic heterocycles. The van der Waals surface area contributed by atoms with Gasteiger partial charge >= 0.3 is 0 Å². The minimum Gasteiger partial charge on any atom is -0.491 e. The van der Waals surface area contributed by atoms with E-state index in [2.05, 4.69) is 10.6 Å². The van der Waals surface area contributed by atoms with Crippen molar-refractivity contribution in [2.24, 2.45) is 0 Å². The van der Waals surface area contributed by atoms with E-state index in [4.69, 9.17) is 32.7 Å². The second-order valence-corrected chi connectivity index (χ2v) is 14.0. The molecule has 4 amide bonds. The number of halogens is 2. The van der Waals surface area contributed by atoms with E-state index in [0.717, 1.165) is 34.7 Å². The Hall–Kier alpha value is -4.30. The Morgan fingerprint density at radius 2 is 1.26 bits per heavy atom. The number of benzene rings is 4. The molecule has 4 aromatic rings. The van der Waals surface area contributed by atoms with Gasteiger partial charge in [-0.2, -0.15) is 0 Å². The van der Waals surface area contributed by atoms with E-state index in [9.17, 15) is 29.4 Å². The predicted octanol–water partition coefficient (Wildman–Crippen LogP) is 7.12. The number of amides is 4. The molecule has 0 radical (unpaired) electrons. The molecular formula is C36H30Cl2N2O8S2. The van der Waals surface area contributed by atoms with Gasteiger partial charge in [0.15, 0.2) is 0 Å². The number of ether oxygens (including phenoxy) is 2. The van der Waals surface area contributed by atoms with Crippen LogP contribution < -0.4 is 20.1 Å². The fourth-order valence-corrected chi connectivity index (χ4v) is 6.61. The summed E-state index contributed by atoms with van der Waals surface area (Å²) in [7, 11) is 0. The average Bonchev–Trinajstić information content (AvgIpc) is 3.60. The molecule has 0 aromatic heterocycles. The quantitative estimate of drug-likeness (QED) is 0.117. The molecule has 50 heavy (non-hydrogen) atoms. The van der Waals surface area contributed by atoms with Gasteiger partial charge in [0.2, 0.25) is 5.91 Å². The number of hydrogen-bond acceptors (Lipinski definition) is 10. The number of nitrogens with one attached hydrogen (secondary N) is 2. The molecule has 0 spiro atoms. The summed E-state index contributed by atoms with van der Waals surface area (Å²) >= 11 is 13.7. The Morgan fingerprint density at radius 1 is 0.720 bits per heavy atom. The summed E-state index contributed by atoms with van der Waals surface area (Å²) in [6, 6.07) is 28.2. The largest absolute Gasteiger partial charge is 0.491 e. The van der Waals surface area contributed by atoms with Gasteiger partial charge in [-0.05, 0) is 95.0 Å². The van der Waals surface area contributed by atoms with Crippen LogP contribution in [-0.2, 0) is 16.0 Å². The van der Waals surface area contributed by atoms with Gasteiger partial charge < -0.3 is 19.7 Å². The zero-order chi connectivity index (χ0) is 35.6. The molecule has 0 aliphatic carbocycles. The monoisotopic (exact) mass is 752 g/mol. The van der Waals surface area contributed by atoms with Gasteiger partial charge in [-0.3, -0.25) is 29.8 Å². The van der Waals surface area contributed by atoms with E-state index in [1.165, 1.54) is 0 Å². The van der Waals surface area contributed by atoms with Gasteiger partial charge in [0.05, 0.1) is 10.2 Å². The number of carbonyl (C=O) groups excluding carboxylic acids is 4. The highest BCUT2D eigenvalue weighted by molar-refractivity contribution is 8.18. The Balaban J connectivity index is 0.000000194. The molecule has 3 atom stereocenters. The second-order valence-electron chi connectivity index (χ2n) is 10.9. The lowest BCUT2D eigenvalue weighted by Gasteiger charge is -2.13. The van der Waals surface area contributed by atoms with Gasteiger partial charge in [-0.15, -0.1) is 0 Å². The van der Waals surface area contributed by atoms with Crippen LogP contribution in [0.3, 0.4) is 0 Å². The van der Waals surface area contributed by atoms with Crippen LogP contribution in [-0.4, -0.2) is 51.0 Å².